The Morgan fingerprint density at radius 1 is 1.05 bits per heavy atom. The lowest BCUT2D eigenvalue weighted by Gasteiger charge is -2.13. The second kappa shape index (κ2) is 5.71. The number of rotatable bonds is 2. The van der Waals surface area contributed by atoms with Gasteiger partial charge in [-0.15, -0.1) is 0 Å². The molecule has 0 atom stereocenters. The molecule has 0 saturated carbocycles. The highest BCUT2D eigenvalue weighted by molar-refractivity contribution is 6.40. The largest absolute Gasteiger partial charge is 0.352 e. The van der Waals surface area contributed by atoms with Crippen LogP contribution < -0.4 is 5.32 Å². The van der Waals surface area contributed by atoms with Crippen molar-refractivity contribution in [1.29, 1.82) is 5.26 Å². The summed E-state index contributed by atoms with van der Waals surface area (Å²) in [5, 5.41) is 13.4. The van der Waals surface area contributed by atoms with Crippen LogP contribution in [0.4, 0.5) is 11.4 Å². The summed E-state index contributed by atoms with van der Waals surface area (Å²) in [4.78, 5) is 0. The smallest absolute Gasteiger partial charge is 0.0992 e. The standard InChI is InChI=1S/C14H9Cl3N2/c1-8-2-4-10(15)14(13(8)17)19-12-5-3-9(7-18)6-11(12)16/h2-6,19H,1H3. The first kappa shape index (κ1) is 14.0. The Labute approximate surface area is 126 Å². The lowest BCUT2D eigenvalue weighted by atomic mass is 10.2. The van der Waals surface area contributed by atoms with Crippen LogP contribution in [0.1, 0.15) is 11.1 Å². The van der Waals surface area contributed by atoms with Crippen LogP contribution in [0.3, 0.4) is 0 Å². The molecular weight excluding hydrogens is 303 g/mol. The van der Waals surface area contributed by atoms with E-state index < -0.39 is 0 Å². The summed E-state index contributed by atoms with van der Waals surface area (Å²) in [6.07, 6.45) is 0. The SMILES string of the molecule is Cc1ccc(Cl)c(Nc2ccc(C#N)cc2Cl)c1Cl. The Morgan fingerprint density at radius 3 is 2.42 bits per heavy atom. The number of aryl methyl sites for hydroxylation is 1. The summed E-state index contributed by atoms with van der Waals surface area (Å²) in [5.41, 5.74) is 2.67. The molecule has 2 aromatic carbocycles. The van der Waals surface area contributed by atoms with E-state index in [1.165, 1.54) is 0 Å². The molecule has 2 aromatic rings. The maximum Gasteiger partial charge on any atom is 0.0992 e. The number of hydrogen-bond donors (Lipinski definition) is 1. The van der Waals surface area contributed by atoms with E-state index in [0.29, 0.717) is 32.0 Å². The monoisotopic (exact) mass is 310 g/mol. The van der Waals surface area contributed by atoms with Crippen LogP contribution >= 0.6 is 34.8 Å². The van der Waals surface area contributed by atoms with Crippen LogP contribution in [0, 0.1) is 18.3 Å². The van der Waals surface area contributed by atoms with Gasteiger partial charge in [0, 0.05) is 0 Å². The quantitative estimate of drug-likeness (QED) is 0.787. The van der Waals surface area contributed by atoms with Gasteiger partial charge < -0.3 is 5.32 Å². The minimum Gasteiger partial charge on any atom is -0.352 e. The Morgan fingerprint density at radius 2 is 1.79 bits per heavy atom. The fraction of sp³-hybridized carbons (Fsp3) is 0.0714. The summed E-state index contributed by atoms with van der Waals surface area (Å²) in [6, 6.07) is 10.6. The van der Waals surface area contributed by atoms with Crippen molar-refractivity contribution in [3.63, 3.8) is 0 Å². The average Bonchev–Trinajstić information content (AvgIpc) is 2.40. The number of hydrogen-bond acceptors (Lipinski definition) is 2. The minimum absolute atomic E-state index is 0.438. The first-order chi connectivity index (χ1) is 9.02. The van der Waals surface area contributed by atoms with Gasteiger partial charge in [-0.1, -0.05) is 40.9 Å². The summed E-state index contributed by atoms with van der Waals surface area (Å²) in [5.74, 6) is 0. The fourth-order valence-electron chi connectivity index (χ4n) is 1.59. The Bertz CT molecular complexity index is 675. The van der Waals surface area contributed by atoms with Gasteiger partial charge in [-0.05, 0) is 36.8 Å². The van der Waals surface area contributed by atoms with Crippen molar-refractivity contribution in [2.45, 2.75) is 6.92 Å². The molecule has 0 saturated heterocycles. The maximum atomic E-state index is 8.80. The number of anilines is 2. The van der Waals surface area contributed by atoms with E-state index in [2.05, 4.69) is 5.32 Å². The molecule has 2 rings (SSSR count). The lowest BCUT2D eigenvalue weighted by molar-refractivity contribution is 1.44. The van der Waals surface area contributed by atoms with Gasteiger partial charge >= 0.3 is 0 Å². The first-order valence-corrected chi connectivity index (χ1v) is 6.57. The van der Waals surface area contributed by atoms with E-state index in [9.17, 15) is 0 Å². The molecule has 0 fully saturated rings. The molecule has 96 valence electrons. The molecule has 19 heavy (non-hydrogen) atoms. The number of nitriles is 1. The van der Waals surface area contributed by atoms with Gasteiger partial charge in [0.2, 0.25) is 0 Å². The molecule has 1 N–H and O–H groups in total. The topological polar surface area (TPSA) is 35.8 Å². The molecule has 2 nitrogen and oxygen atoms in total. The summed E-state index contributed by atoms with van der Waals surface area (Å²) in [6.45, 7) is 1.89. The Balaban J connectivity index is 2.42. The van der Waals surface area contributed by atoms with Gasteiger partial charge in [0.1, 0.15) is 0 Å². The van der Waals surface area contributed by atoms with Crippen molar-refractivity contribution in [2.24, 2.45) is 0 Å². The normalized spacial score (nSPS) is 10.1. The minimum atomic E-state index is 0.438. The molecule has 0 aromatic heterocycles. The number of nitrogens with zero attached hydrogens (tertiary/aromatic N) is 1. The van der Waals surface area contributed by atoms with E-state index >= 15 is 0 Å². The highest BCUT2D eigenvalue weighted by atomic mass is 35.5. The van der Waals surface area contributed by atoms with Crippen LogP contribution in [-0.2, 0) is 0 Å². The predicted molar refractivity (Wildman–Crippen MR) is 80.6 cm³/mol. The van der Waals surface area contributed by atoms with Crippen molar-refractivity contribution in [3.8, 4) is 6.07 Å². The highest BCUT2D eigenvalue weighted by Crippen LogP contribution is 2.36. The van der Waals surface area contributed by atoms with Gasteiger partial charge in [0.25, 0.3) is 0 Å². The van der Waals surface area contributed by atoms with Crippen molar-refractivity contribution >= 4 is 46.2 Å². The molecule has 0 heterocycles. The Hall–Kier alpha value is -1.40. The molecule has 0 aliphatic heterocycles. The van der Waals surface area contributed by atoms with Gasteiger partial charge in [-0.3, -0.25) is 0 Å². The number of benzene rings is 2. The third-order valence-corrected chi connectivity index (χ3v) is 3.76. The van der Waals surface area contributed by atoms with Crippen molar-refractivity contribution in [3.05, 3.63) is 56.5 Å². The first-order valence-electron chi connectivity index (χ1n) is 5.44. The average molecular weight is 312 g/mol. The van der Waals surface area contributed by atoms with E-state index in [-0.39, 0.29) is 0 Å². The third-order valence-electron chi connectivity index (χ3n) is 2.64. The molecule has 0 radical (unpaired) electrons. The second-order valence-corrected chi connectivity index (χ2v) is 5.18. The summed E-state index contributed by atoms with van der Waals surface area (Å²) < 4.78 is 0. The third kappa shape index (κ3) is 2.96. The van der Waals surface area contributed by atoms with Crippen LogP contribution in [0.15, 0.2) is 30.3 Å². The fourth-order valence-corrected chi connectivity index (χ4v) is 2.28. The highest BCUT2D eigenvalue weighted by Gasteiger charge is 2.10. The molecular formula is C14H9Cl3N2. The van der Waals surface area contributed by atoms with Crippen molar-refractivity contribution in [1.82, 2.24) is 0 Å². The van der Waals surface area contributed by atoms with Gasteiger partial charge in [-0.25, -0.2) is 0 Å². The lowest BCUT2D eigenvalue weighted by Crippen LogP contribution is -1.95. The summed E-state index contributed by atoms with van der Waals surface area (Å²) >= 11 is 18.4. The Kier molecular flexibility index (Phi) is 4.21. The molecule has 0 bridgehead atoms. The van der Waals surface area contributed by atoms with Crippen molar-refractivity contribution in [2.75, 3.05) is 5.32 Å². The molecule has 0 unspecified atom stereocenters. The molecule has 0 aliphatic rings. The van der Waals surface area contributed by atoms with E-state index in [4.69, 9.17) is 40.1 Å². The van der Waals surface area contributed by atoms with Gasteiger partial charge in [0.05, 0.1) is 38.1 Å². The zero-order chi connectivity index (χ0) is 14.0. The number of nitrogens with one attached hydrogen (secondary N) is 1. The van der Waals surface area contributed by atoms with E-state index in [1.54, 1.807) is 24.3 Å². The summed E-state index contributed by atoms with van der Waals surface area (Å²) in [7, 11) is 0. The van der Waals surface area contributed by atoms with Crippen LogP contribution in [0.5, 0.6) is 0 Å². The molecule has 0 spiro atoms. The zero-order valence-corrected chi connectivity index (χ0v) is 12.2. The number of halogens is 3. The van der Waals surface area contributed by atoms with Crippen LogP contribution in [0.2, 0.25) is 15.1 Å². The van der Waals surface area contributed by atoms with E-state index in [1.807, 2.05) is 19.1 Å². The van der Waals surface area contributed by atoms with Gasteiger partial charge in [0.15, 0.2) is 0 Å². The molecule has 5 heteroatoms. The maximum absolute atomic E-state index is 8.80. The second-order valence-electron chi connectivity index (χ2n) is 3.98. The van der Waals surface area contributed by atoms with Crippen LogP contribution in [-0.4, -0.2) is 0 Å². The van der Waals surface area contributed by atoms with Crippen LogP contribution in [0.25, 0.3) is 0 Å². The predicted octanol–water partition coefficient (Wildman–Crippen LogP) is 5.57. The molecule has 0 aliphatic carbocycles. The van der Waals surface area contributed by atoms with Gasteiger partial charge in [-0.2, -0.15) is 5.26 Å². The van der Waals surface area contributed by atoms with Crippen molar-refractivity contribution < 1.29 is 0 Å². The molecule has 0 amide bonds. The zero-order valence-electron chi connectivity index (χ0n) is 9.97. The van der Waals surface area contributed by atoms with E-state index in [0.717, 1.165) is 5.56 Å².